The van der Waals surface area contributed by atoms with Crippen LogP contribution in [0.25, 0.3) is 4.96 Å². The summed E-state index contributed by atoms with van der Waals surface area (Å²) >= 11 is 1.52. The first-order valence-corrected chi connectivity index (χ1v) is 12.0. The molecule has 3 heterocycles. The number of methoxy groups -OCH3 is 1. The van der Waals surface area contributed by atoms with E-state index in [0.29, 0.717) is 18.8 Å². The molecule has 0 saturated carbocycles. The number of ether oxygens (including phenoxy) is 1. The van der Waals surface area contributed by atoms with Gasteiger partial charge in [-0.15, -0.1) is 11.3 Å². The number of amides is 2. The molecule has 0 unspecified atom stereocenters. The van der Waals surface area contributed by atoms with Gasteiger partial charge in [0.25, 0.3) is 5.91 Å². The van der Waals surface area contributed by atoms with Gasteiger partial charge in [-0.2, -0.15) is 0 Å². The Morgan fingerprint density at radius 3 is 2.69 bits per heavy atom. The largest absolute Gasteiger partial charge is 0.378 e. The predicted octanol–water partition coefficient (Wildman–Crippen LogP) is 3.41. The lowest BCUT2D eigenvalue weighted by Gasteiger charge is -2.44. The number of thiazole rings is 1. The minimum atomic E-state index is -0.231. The molecule has 3 aromatic rings. The van der Waals surface area contributed by atoms with Gasteiger partial charge in [0.05, 0.1) is 12.1 Å². The Morgan fingerprint density at radius 1 is 1.25 bits per heavy atom. The Morgan fingerprint density at radius 2 is 2.00 bits per heavy atom. The summed E-state index contributed by atoms with van der Waals surface area (Å²) in [5.41, 5.74) is 2.62. The van der Waals surface area contributed by atoms with Crippen LogP contribution in [0.5, 0.6) is 0 Å². The molecule has 2 aromatic heterocycles. The predicted molar refractivity (Wildman–Crippen MR) is 123 cm³/mol. The number of rotatable bonds is 4. The maximum atomic E-state index is 13.1. The fraction of sp³-hybridized carbons (Fsp3) is 0.458. The van der Waals surface area contributed by atoms with E-state index in [0.717, 1.165) is 23.4 Å². The molecule has 8 heteroatoms. The first-order chi connectivity index (χ1) is 15.4. The summed E-state index contributed by atoms with van der Waals surface area (Å²) in [6.45, 7) is 5.06. The SMILES string of the molecule is CO[C@H]1[C@H](NC(=O)C(C)C)c2ccccc2C12CCN(C(=O)c1cn3ccsc3n1)CC2. The first-order valence-electron chi connectivity index (χ1n) is 11.1. The number of fused-ring (bicyclic) bond motifs is 3. The zero-order valence-electron chi connectivity index (χ0n) is 18.6. The summed E-state index contributed by atoms with van der Waals surface area (Å²) in [7, 11) is 1.72. The summed E-state index contributed by atoms with van der Waals surface area (Å²) in [5, 5.41) is 5.18. The summed E-state index contributed by atoms with van der Waals surface area (Å²) in [5.74, 6) is -0.0999. The second-order valence-corrected chi connectivity index (χ2v) is 9.92. The van der Waals surface area contributed by atoms with Crippen LogP contribution in [0.3, 0.4) is 0 Å². The molecule has 2 aliphatic rings. The monoisotopic (exact) mass is 452 g/mol. The highest BCUT2D eigenvalue weighted by molar-refractivity contribution is 7.15. The molecule has 1 aromatic carbocycles. The van der Waals surface area contributed by atoms with Crippen LogP contribution >= 0.6 is 11.3 Å². The van der Waals surface area contributed by atoms with Gasteiger partial charge in [0.2, 0.25) is 5.91 Å². The van der Waals surface area contributed by atoms with Crippen molar-refractivity contribution in [2.24, 2.45) is 5.92 Å². The van der Waals surface area contributed by atoms with Crippen molar-refractivity contribution in [1.82, 2.24) is 19.6 Å². The molecule has 1 aliphatic carbocycles. The third kappa shape index (κ3) is 3.24. The average molecular weight is 453 g/mol. The molecule has 0 radical (unpaired) electrons. The second kappa shape index (κ2) is 8.01. The van der Waals surface area contributed by atoms with Crippen molar-refractivity contribution in [2.75, 3.05) is 20.2 Å². The van der Waals surface area contributed by atoms with Crippen LogP contribution in [0.1, 0.15) is 54.3 Å². The topological polar surface area (TPSA) is 75.9 Å². The molecule has 5 rings (SSSR count). The van der Waals surface area contributed by atoms with Crippen molar-refractivity contribution < 1.29 is 14.3 Å². The molecule has 32 heavy (non-hydrogen) atoms. The van der Waals surface area contributed by atoms with Gasteiger partial charge in [-0.05, 0) is 24.0 Å². The number of carbonyl (C=O) groups excluding carboxylic acids is 2. The van der Waals surface area contributed by atoms with E-state index >= 15 is 0 Å². The van der Waals surface area contributed by atoms with Gasteiger partial charge in [-0.1, -0.05) is 38.1 Å². The molecule has 1 fully saturated rings. The van der Waals surface area contributed by atoms with Gasteiger partial charge in [0.15, 0.2) is 4.96 Å². The maximum Gasteiger partial charge on any atom is 0.274 e. The zero-order valence-corrected chi connectivity index (χ0v) is 19.4. The Balaban J connectivity index is 1.40. The molecule has 2 amide bonds. The summed E-state index contributed by atoms with van der Waals surface area (Å²) in [6.07, 6.45) is 5.12. The normalized spacial score (nSPS) is 21.9. The van der Waals surface area contributed by atoms with Gasteiger partial charge < -0.3 is 15.0 Å². The molecular formula is C24H28N4O3S. The molecule has 7 nitrogen and oxygen atoms in total. The molecule has 1 spiro atoms. The highest BCUT2D eigenvalue weighted by atomic mass is 32.1. The smallest absolute Gasteiger partial charge is 0.274 e. The lowest BCUT2D eigenvalue weighted by Crippen LogP contribution is -2.52. The van der Waals surface area contributed by atoms with E-state index in [9.17, 15) is 9.59 Å². The quantitative estimate of drug-likeness (QED) is 0.658. The van der Waals surface area contributed by atoms with Crippen LogP contribution in [0.4, 0.5) is 0 Å². The van der Waals surface area contributed by atoms with Crippen molar-refractivity contribution in [3.8, 4) is 0 Å². The summed E-state index contributed by atoms with van der Waals surface area (Å²) < 4.78 is 7.95. The van der Waals surface area contributed by atoms with Crippen molar-refractivity contribution in [1.29, 1.82) is 0 Å². The van der Waals surface area contributed by atoms with E-state index in [1.807, 2.05) is 40.8 Å². The average Bonchev–Trinajstić information content (AvgIpc) is 3.46. The van der Waals surface area contributed by atoms with Crippen LogP contribution < -0.4 is 5.32 Å². The van der Waals surface area contributed by atoms with Crippen LogP contribution in [-0.4, -0.2) is 52.4 Å². The number of likely N-dealkylation sites (tertiary alicyclic amines) is 1. The molecule has 1 N–H and O–H groups in total. The molecule has 168 valence electrons. The molecule has 0 bridgehead atoms. The first kappa shape index (κ1) is 21.2. The van der Waals surface area contributed by atoms with Gasteiger partial charge in [0, 0.05) is 49.3 Å². The number of nitrogens with zero attached hydrogens (tertiary/aromatic N) is 3. The van der Waals surface area contributed by atoms with Crippen LogP contribution in [0.15, 0.2) is 42.0 Å². The third-order valence-corrected chi connectivity index (χ3v) is 7.78. The van der Waals surface area contributed by atoms with Gasteiger partial charge in [0.1, 0.15) is 5.69 Å². The fourth-order valence-electron chi connectivity index (χ4n) is 5.35. The van der Waals surface area contributed by atoms with E-state index < -0.39 is 0 Å². The molecule has 1 aliphatic heterocycles. The third-order valence-electron chi connectivity index (χ3n) is 7.01. The van der Waals surface area contributed by atoms with Crippen LogP contribution in [0, 0.1) is 5.92 Å². The van der Waals surface area contributed by atoms with Crippen molar-refractivity contribution >= 4 is 28.1 Å². The Bertz CT molecular complexity index is 1130. The summed E-state index contributed by atoms with van der Waals surface area (Å²) in [6, 6.07) is 8.13. The highest BCUT2D eigenvalue weighted by Gasteiger charge is 2.54. The number of nitrogens with one attached hydrogen (secondary N) is 1. The Kier molecular flexibility index (Phi) is 5.29. The van der Waals surface area contributed by atoms with E-state index in [2.05, 4.69) is 28.5 Å². The van der Waals surface area contributed by atoms with Gasteiger partial charge >= 0.3 is 0 Å². The van der Waals surface area contributed by atoms with E-state index in [1.165, 1.54) is 16.9 Å². The second-order valence-electron chi connectivity index (χ2n) is 9.05. The molecular weight excluding hydrogens is 424 g/mol. The number of carbonyl (C=O) groups is 2. The number of piperidine rings is 1. The molecule has 1 saturated heterocycles. The van der Waals surface area contributed by atoms with Crippen LogP contribution in [-0.2, 0) is 14.9 Å². The lowest BCUT2D eigenvalue weighted by atomic mass is 9.71. The number of benzene rings is 1. The minimum Gasteiger partial charge on any atom is -0.378 e. The van der Waals surface area contributed by atoms with Crippen molar-refractivity contribution in [3.05, 3.63) is 58.9 Å². The summed E-state index contributed by atoms with van der Waals surface area (Å²) in [4.78, 5) is 32.9. The van der Waals surface area contributed by atoms with E-state index in [-0.39, 0.29) is 35.3 Å². The highest BCUT2D eigenvalue weighted by Crippen LogP contribution is 2.52. The Hall–Kier alpha value is -2.71. The van der Waals surface area contributed by atoms with Gasteiger partial charge in [-0.3, -0.25) is 14.0 Å². The van der Waals surface area contributed by atoms with Crippen LogP contribution in [0.2, 0.25) is 0 Å². The van der Waals surface area contributed by atoms with Crippen molar-refractivity contribution in [2.45, 2.75) is 44.2 Å². The van der Waals surface area contributed by atoms with Gasteiger partial charge in [-0.25, -0.2) is 4.98 Å². The Labute approximate surface area is 191 Å². The molecule has 2 atom stereocenters. The zero-order chi connectivity index (χ0) is 22.5. The maximum absolute atomic E-state index is 13.1. The fourth-order valence-corrected chi connectivity index (χ4v) is 6.05. The number of hydrogen-bond acceptors (Lipinski definition) is 5. The number of hydrogen-bond donors (Lipinski definition) is 1. The van der Waals surface area contributed by atoms with E-state index in [1.54, 1.807) is 13.3 Å². The van der Waals surface area contributed by atoms with E-state index in [4.69, 9.17) is 4.74 Å². The number of imidazole rings is 1. The van der Waals surface area contributed by atoms with Crippen molar-refractivity contribution in [3.63, 3.8) is 0 Å². The number of aromatic nitrogens is 2. The minimum absolute atomic E-state index is 0.0243. The lowest BCUT2D eigenvalue weighted by molar-refractivity contribution is -0.126. The standard InChI is InChI=1S/C24H28N4O3S/c1-15(2)21(29)26-19-16-6-4-5-7-17(16)24(20(19)31-3)8-10-27(11-9-24)22(30)18-14-28-12-13-32-23(28)25-18/h4-7,12-15,19-20H,8-11H2,1-3H3,(H,26,29)/t19-,20+/m1/s1.